The maximum Gasteiger partial charge on any atom is 0.318 e. The van der Waals surface area contributed by atoms with E-state index >= 15 is 0 Å². The lowest BCUT2D eigenvalue weighted by atomic mass is 10.00. The number of likely N-dealkylation sites (N-methyl/N-ethyl adjacent to an activating group) is 1. The Balaban J connectivity index is 1.33. The van der Waals surface area contributed by atoms with Gasteiger partial charge in [0.1, 0.15) is 12.4 Å². The van der Waals surface area contributed by atoms with E-state index < -0.39 is 0 Å². The summed E-state index contributed by atoms with van der Waals surface area (Å²) in [5.41, 5.74) is 4.83. The Labute approximate surface area is 218 Å². The molecule has 8 nitrogen and oxygen atoms in total. The van der Waals surface area contributed by atoms with Gasteiger partial charge in [-0.1, -0.05) is 30.3 Å². The van der Waals surface area contributed by atoms with Crippen LogP contribution in [0.2, 0.25) is 0 Å². The van der Waals surface area contributed by atoms with Crippen molar-refractivity contribution in [3.05, 3.63) is 53.2 Å². The number of ether oxygens (including phenoxy) is 1. The van der Waals surface area contributed by atoms with Crippen molar-refractivity contribution in [2.24, 2.45) is 4.99 Å². The van der Waals surface area contributed by atoms with Crippen LogP contribution in [-0.4, -0.2) is 72.8 Å². The number of aliphatic imine (C=N–C) groups is 1. The molecule has 0 unspecified atom stereocenters. The molecule has 3 aromatic rings. The molecule has 2 saturated heterocycles. The quantitative estimate of drug-likeness (QED) is 0.512. The number of anilines is 2. The third kappa shape index (κ3) is 4.67. The van der Waals surface area contributed by atoms with Crippen molar-refractivity contribution < 1.29 is 4.74 Å². The number of aryl methyl sites for hydroxylation is 1. The summed E-state index contributed by atoms with van der Waals surface area (Å²) in [6.45, 7) is 7.20. The number of hydrogen-bond donors (Lipinski definition) is 1. The first-order chi connectivity index (χ1) is 18.1. The predicted molar refractivity (Wildman–Crippen MR) is 147 cm³/mol. The molecule has 0 radical (unpaired) electrons. The molecular formula is C29H35N7O. The van der Waals surface area contributed by atoms with Crippen LogP contribution < -0.4 is 14.5 Å². The minimum Gasteiger partial charge on any atom is -0.462 e. The van der Waals surface area contributed by atoms with E-state index in [1.807, 2.05) is 0 Å². The molecule has 0 amide bonds. The molecule has 0 aliphatic carbocycles. The minimum absolute atomic E-state index is 0.0957. The van der Waals surface area contributed by atoms with Crippen molar-refractivity contribution in [2.45, 2.75) is 51.2 Å². The second-order valence-electron chi connectivity index (χ2n) is 10.6. The molecule has 6 rings (SSSR count). The van der Waals surface area contributed by atoms with E-state index in [4.69, 9.17) is 20.1 Å². The van der Waals surface area contributed by atoms with E-state index in [1.165, 1.54) is 34.0 Å². The molecule has 3 aliphatic rings. The van der Waals surface area contributed by atoms with Gasteiger partial charge in [-0.05, 0) is 63.2 Å². The van der Waals surface area contributed by atoms with E-state index in [1.54, 1.807) is 0 Å². The standard InChI is InChI=1S/C29H35N7O/c1-20-6-3-7-21-8-4-10-26(27(20)21)35-15-12-24-25(17-35)32-29(37-18-23-9-5-13-34(23)2)33-28(24)36-14-11-22(16-36)31-19-30/h3-4,6-8,10,22-23,30H,5,9,11-18H2,1-2H3/t22-,23-/m0/s1. The van der Waals surface area contributed by atoms with Crippen LogP contribution in [0.4, 0.5) is 11.5 Å². The molecule has 192 valence electrons. The first-order valence-electron chi connectivity index (χ1n) is 13.4. The van der Waals surface area contributed by atoms with Crippen LogP contribution in [0.1, 0.15) is 36.1 Å². The van der Waals surface area contributed by atoms with Gasteiger partial charge in [0.05, 0.1) is 24.3 Å². The van der Waals surface area contributed by atoms with Crippen LogP contribution in [0.3, 0.4) is 0 Å². The molecule has 4 heterocycles. The fourth-order valence-corrected chi connectivity index (χ4v) is 6.18. The van der Waals surface area contributed by atoms with Gasteiger partial charge in [-0.25, -0.2) is 10.4 Å². The van der Waals surface area contributed by atoms with E-state index in [0.29, 0.717) is 18.7 Å². The summed E-state index contributed by atoms with van der Waals surface area (Å²) in [5, 5.41) is 9.85. The highest BCUT2D eigenvalue weighted by Gasteiger charge is 2.31. The Morgan fingerprint density at radius 2 is 1.95 bits per heavy atom. The third-order valence-corrected chi connectivity index (χ3v) is 8.24. The number of rotatable bonds is 6. The molecule has 2 atom stereocenters. The van der Waals surface area contributed by atoms with Gasteiger partial charge in [-0.2, -0.15) is 9.97 Å². The van der Waals surface area contributed by atoms with Gasteiger partial charge >= 0.3 is 6.01 Å². The zero-order valence-corrected chi connectivity index (χ0v) is 21.8. The van der Waals surface area contributed by atoms with Gasteiger partial charge in [0.25, 0.3) is 0 Å². The van der Waals surface area contributed by atoms with E-state index in [9.17, 15) is 0 Å². The van der Waals surface area contributed by atoms with Gasteiger partial charge in [0.2, 0.25) is 0 Å². The smallest absolute Gasteiger partial charge is 0.318 e. The minimum atomic E-state index is 0.0957. The molecule has 1 aromatic heterocycles. The van der Waals surface area contributed by atoms with E-state index in [-0.39, 0.29) is 6.04 Å². The second kappa shape index (κ2) is 10.1. The molecule has 0 spiro atoms. The number of hydrogen-bond acceptors (Lipinski definition) is 8. The van der Waals surface area contributed by atoms with Gasteiger partial charge < -0.3 is 19.4 Å². The summed E-state index contributed by atoms with van der Waals surface area (Å²) < 4.78 is 6.26. The van der Waals surface area contributed by atoms with Crippen molar-refractivity contribution in [1.82, 2.24) is 14.9 Å². The van der Waals surface area contributed by atoms with Crippen LogP contribution in [0, 0.1) is 12.3 Å². The Morgan fingerprint density at radius 1 is 1.08 bits per heavy atom. The molecule has 1 N–H and O–H groups in total. The Morgan fingerprint density at radius 3 is 2.76 bits per heavy atom. The van der Waals surface area contributed by atoms with Crippen molar-refractivity contribution >= 4 is 28.3 Å². The summed E-state index contributed by atoms with van der Waals surface area (Å²) in [6, 6.07) is 16.3. The van der Waals surface area contributed by atoms with Crippen LogP contribution in [0.5, 0.6) is 6.01 Å². The van der Waals surface area contributed by atoms with Gasteiger partial charge in [0.15, 0.2) is 0 Å². The van der Waals surface area contributed by atoms with Crippen molar-refractivity contribution in [3.63, 3.8) is 0 Å². The van der Waals surface area contributed by atoms with Crippen molar-refractivity contribution in [2.75, 3.05) is 49.6 Å². The van der Waals surface area contributed by atoms with Gasteiger partial charge in [-0.15, -0.1) is 0 Å². The fraction of sp³-hybridized carbons (Fsp3) is 0.483. The SMILES string of the molecule is Cc1cccc2cccc(N3CCc4c(nc(OC[C@@H]5CCCN5C)nc4N4CC[C@H](N=C=N)C4)C3)c12. The highest BCUT2D eigenvalue weighted by atomic mass is 16.5. The van der Waals surface area contributed by atoms with Crippen LogP contribution in [-0.2, 0) is 13.0 Å². The number of aromatic nitrogens is 2. The lowest BCUT2D eigenvalue weighted by Crippen LogP contribution is -2.35. The summed E-state index contributed by atoms with van der Waals surface area (Å²) in [4.78, 5) is 21.3. The molecule has 37 heavy (non-hydrogen) atoms. The van der Waals surface area contributed by atoms with Crippen molar-refractivity contribution in [3.8, 4) is 6.01 Å². The Kier molecular flexibility index (Phi) is 6.53. The Hall–Kier alpha value is -3.48. The maximum absolute atomic E-state index is 7.26. The number of likely N-dealkylation sites (tertiary alicyclic amines) is 1. The predicted octanol–water partition coefficient (Wildman–Crippen LogP) is 4.31. The summed E-state index contributed by atoms with van der Waals surface area (Å²) in [7, 11) is 2.17. The number of nitrogens with zero attached hydrogens (tertiary/aromatic N) is 6. The molecular weight excluding hydrogens is 462 g/mol. The monoisotopic (exact) mass is 497 g/mol. The highest BCUT2D eigenvalue weighted by Crippen LogP contribution is 2.36. The van der Waals surface area contributed by atoms with Gasteiger partial charge in [0, 0.05) is 42.3 Å². The average Bonchev–Trinajstić information content (AvgIpc) is 3.55. The Bertz CT molecular complexity index is 1350. The fourth-order valence-electron chi connectivity index (χ4n) is 6.18. The second-order valence-corrected chi connectivity index (χ2v) is 10.6. The first kappa shape index (κ1) is 23.9. The number of fused-ring (bicyclic) bond motifs is 2. The summed E-state index contributed by atoms with van der Waals surface area (Å²) >= 11 is 0. The maximum atomic E-state index is 7.26. The first-order valence-corrected chi connectivity index (χ1v) is 13.4. The zero-order valence-electron chi connectivity index (χ0n) is 21.8. The average molecular weight is 498 g/mol. The molecule has 0 bridgehead atoms. The van der Waals surface area contributed by atoms with Crippen molar-refractivity contribution in [1.29, 1.82) is 5.41 Å². The van der Waals surface area contributed by atoms with Gasteiger partial charge in [-0.3, -0.25) is 0 Å². The summed E-state index contributed by atoms with van der Waals surface area (Å²) in [5.74, 6) is 0.983. The molecule has 2 fully saturated rings. The van der Waals surface area contributed by atoms with E-state index in [2.05, 4.69) is 76.1 Å². The molecule has 8 heteroatoms. The highest BCUT2D eigenvalue weighted by molar-refractivity contribution is 5.97. The number of benzene rings is 2. The normalized spacial score (nSPS) is 21.8. The molecule has 0 saturated carbocycles. The number of nitrogens with one attached hydrogen (secondary N) is 1. The van der Waals surface area contributed by atoms with Crippen LogP contribution in [0.15, 0.2) is 41.4 Å². The zero-order chi connectivity index (χ0) is 25.4. The lowest BCUT2D eigenvalue weighted by molar-refractivity contribution is 0.187. The van der Waals surface area contributed by atoms with Crippen LogP contribution >= 0.6 is 0 Å². The molecule has 2 aromatic carbocycles. The van der Waals surface area contributed by atoms with Crippen LogP contribution in [0.25, 0.3) is 10.8 Å². The molecule has 3 aliphatic heterocycles. The topological polar surface area (TPSA) is 80.9 Å². The lowest BCUT2D eigenvalue weighted by Gasteiger charge is -2.33. The third-order valence-electron chi connectivity index (χ3n) is 8.24. The van der Waals surface area contributed by atoms with E-state index in [0.717, 1.165) is 63.5 Å². The summed E-state index contributed by atoms with van der Waals surface area (Å²) in [6.07, 6.45) is 4.16. The largest absolute Gasteiger partial charge is 0.462 e.